The number of benzene rings is 2. The first-order valence-electron chi connectivity index (χ1n) is 8.87. The fourth-order valence-electron chi connectivity index (χ4n) is 2.96. The summed E-state index contributed by atoms with van der Waals surface area (Å²) in [5.74, 6) is -0.774. The maximum atomic E-state index is 12.9. The summed E-state index contributed by atoms with van der Waals surface area (Å²) in [6, 6.07) is 14.3. The molecule has 0 radical (unpaired) electrons. The highest BCUT2D eigenvalue weighted by Gasteiger charge is 2.37. The number of halogens is 2. The molecule has 1 saturated heterocycles. The van der Waals surface area contributed by atoms with Crippen molar-refractivity contribution in [3.05, 3.63) is 81.5 Å². The molecule has 8 heteroatoms. The number of imide groups is 2. The van der Waals surface area contributed by atoms with Crippen LogP contribution < -0.4 is 10.2 Å². The lowest BCUT2D eigenvalue weighted by Crippen LogP contribution is -2.54. The number of urea groups is 1. The zero-order valence-corrected chi connectivity index (χ0v) is 17.1. The predicted molar refractivity (Wildman–Crippen MR) is 114 cm³/mol. The zero-order chi connectivity index (χ0) is 21.4. The Kier molecular flexibility index (Phi) is 5.20. The van der Waals surface area contributed by atoms with E-state index >= 15 is 0 Å². The average molecular weight is 441 g/mol. The first kappa shape index (κ1) is 19.9. The highest BCUT2D eigenvalue weighted by Crippen LogP contribution is 2.30. The Hall–Kier alpha value is -3.35. The third kappa shape index (κ3) is 3.75. The fraction of sp³-hybridized carbons (Fsp3) is 0.0455. The summed E-state index contributed by atoms with van der Waals surface area (Å²) >= 11 is 12.0. The van der Waals surface area contributed by atoms with Crippen molar-refractivity contribution in [2.24, 2.45) is 0 Å². The number of anilines is 1. The molecule has 1 aromatic heterocycles. The number of rotatable bonds is 3. The number of furan rings is 1. The van der Waals surface area contributed by atoms with Crippen molar-refractivity contribution in [1.29, 1.82) is 0 Å². The van der Waals surface area contributed by atoms with Crippen LogP contribution in [0.2, 0.25) is 10.0 Å². The lowest BCUT2D eigenvalue weighted by Gasteiger charge is -2.26. The molecule has 1 aliphatic heterocycles. The Balaban J connectivity index is 1.67. The topological polar surface area (TPSA) is 79.6 Å². The summed E-state index contributed by atoms with van der Waals surface area (Å²) < 4.78 is 5.73. The maximum Gasteiger partial charge on any atom is 0.335 e. The third-order valence-corrected chi connectivity index (χ3v) is 5.25. The molecule has 1 aliphatic rings. The van der Waals surface area contributed by atoms with Gasteiger partial charge in [0.05, 0.1) is 15.7 Å². The smallest absolute Gasteiger partial charge is 0.335 e. The van der Waals surface area contributed by atoms with Crippen molar-refractivity contribution < 1.29 is 18.8 Å². The van der Waals surface area contributed by atoms with E-state index in [0.717, 1.165) is 10.5 Å². The second-order valence-electron chi connectivity index (χ2n) is 6.62. The Morgan fingerprint density at radius 3 is 2.37 bits per heavy atom. The van der Waals surface area contributed by atoms with E-state index in [1.54, 1.807) is 54.6 Å². The molecule has 3 aromatic rings. The number of amides is 4. The number of nitrogens with zero attached hydrogens (tertiary/aromatic N) is 1. The van der Waals surface area contributed by atoms with Gasteiger partial charge in [-0.2, -0.15) is 0 Å². The highest BCUT2D eigenvalue weighted by atomic mass is 35.5. The van der Waals surface area contributed by atoms with Gasteiger partial charge in [0.2, 0.25) is 0 Å². The second kappa shape index (κ2) is 7.82. The molecule has 1 N–H and O–H groups in total. The highest BCUT2D eigenvalue weighted by molar-refractivity contribution is 6.42. The molecule has 0 spiro atoms. The summed E-state index contributed by atoms with van der Waals surface area (Å²) in [5, 5.41) is 2.97. The summed E-state index contributed by atoms with van der Waals surface area (Å²) in [7, 11) is 0. The van der Waals surface area contributed by atoms with E-state index in [-0.39, 0.29) is 11.3 Å². The molecule has 4 rings (SSSR count). The number of aryl methyl sites for hydroxylation is 1. The molecule has 150 valence electrons. The first-order chi connectivity index (χ1) is 14.3. The van der Waals surface area contributed by atoms with Gasteiger partial charge in [0.1, 0.15) is 17.1 Å². The van der Waals surface area contributed by atoms with Crippen LogP contribution in [0.3, 0.4) is 0 Å². The third-order valence-electron chi connectivity index (χ3n) is 4.51. The molecule has 4 amide bonds. The molecule has 0 unspecified atom stereocenters. The fourth-order valence-corrected chi connectivity index (χ4v) is 3.26. The summed E-state index contributed by atoms with van der Waals surface area (Å²) in [5.41, 5.74) is 1.80. The molecular weight excluding hydrogens is 427 g/mol. The maximum absolute atomic E-state index is 12.9. The van der Waals surface area contributed by atoms with Crippen LogP contribution >= 0.6 is 23.2 Å². The summed E-state index contributed by atoms with van der Waals surface area (Å²) in [6.45, 7) is 1.89. The molecule has 1 fully saturated rings. The van der Waals surface area contributed by atoms with Gasteiger partial charge >= 0.3 is 6.03 Å². The molecule has 0 bridgehead atoms. The number of carbonyl (C=O) groups is 3. The van der Waals surface area contributed by atoms with Crippen LogP contribution in [0.1, 0.15) is 11.3 Å². The molecule has 0 atom stereocenters. The number of hydrogen-bond acceptors (Lipinski definition) is 4. The molecule has 2 heterocycles. The van der Waals surface area contributed by atoms with Gasteiger partial charge in [-0.3, -0.25) is 14.9 Å². The average Bonchev–Trinajstić information content (AvgIpc) is 3.17. The molecule has 0 aliphatic carbocycles. The molecule has 6 nitrogen and oxygen atoms in total. The molecular formula is C22H14Cl2N2O4. The Morgan fingerprint density at radius 2 is 1.67 bits per heavy atom. The quantitative estimate of drug-likeness (QED) is 0.446. The van der Waals surface area contributed by atoms with E-state index in [4.69, 9.17) is 27.6 Å². The largest absolute Gasteiger partial charge is 0.457 e. The minimum atomic E-state index is -0.804. The monoisotopic (exact) mass is 440 g/mol. The van der Waals surface area contributed by atoms with Crippen molar-refractivity contribution in [3.63, 3.8) is 0 Å². The van der Waals surface area contributed by atoms with Gasteiger partial charge in [0.15, 0.2) is 0 Å². The van der Waals surface area contributed by atoms with Gasteiger partial charge < -0.3 is 4.42 Å². The standard InChI is InChI=1S/C22H14Cl2N2O4/c1-12-2-5-14(6-3-12)26-21(28)16(20(27)25-22(26)29)11-15-7-9-19(30-15)13-4-8-17(23)18(24)10-13/h2-11H,1H3,(H,25,27,29)/b16-11+. The van der Waals surface area contributed by atoms with Crippen LogP contribution in [-0.2, 0) is 9.59 Å². The zero-order valence-electron chi connectivity index (χ0n) is 15.6. The van der Waals surface area contributed by atoms with Crippen LogP contribution in [0.4, 0.5) is 10.5 Å². The van der Waals surface area contributed by atoms with Gasteiger partial charge in [0.25, 0.3) is 11.8 Å². The van der Waals surface area contributed by atoms with Crippen LogP contribution in [0.5, 0.6) is 0 Å². The summed E-state index contributed by atoms with van der Waals surface area (Å²) in [6.07, 6.45) is 1.30. The Bertz CT molecular complexity index is 1210. The number of carbonyl (C=O) groups excluding carboxylic acids is 3. The van der Waals surface area contributed by atoms with Gasteiger partial charge in [0, 0.05) is 5.56 Å². The predicted octanol–water partition coefficient (Wildman–Crippen LogP) is 5.23. The van der Waals surface area contributed by atoms with E-state index in [1.807, 2.05) is 6.92 Å². The van der Waals surface area contributed by atoms with Crippen molar-refractivity contribution in [3.8, 4) is 11.3 Å². The van der Waals surface area contributed by atoms with Crippen LogP contribution in [-0.4, -0.2) is 17.8 Å². The first-order valence-corrected chi connectivity index (χ1v) is 9.62. The minimum absolute atomic E-state index is 0.217. The molecule has 2 aromatic carbocycles. The van der Waals surface area contributed by atoms with E-state index in [9.17, 15) is 14.4 Å². The molecule has 0 saturated carbocycles. The normalized spacial score (nSPS) is 15.6. The summed E-state index contributed by atoms with van der Waals surface area (Å²) in [4.78, 5) is 38.3. The van der Waals surface area contributed by atoms with Crippen LogP contribution in [0.15, 0.2) is 64.6 Å². The van der Waals surface area contributed by atoms with Gasteiger partial charge in [-0.25, -0.2) is 9.69 Å². The van der Waals surface area contributed by atoms with Crippen molar-refractivity contribution >= 4 is 52.8 Å². The van der Waals surface area contributed by atoms with Crippen LogP contribution in [0, 0.1) is 6.92 Å². The van der Waals surface area contributed by atoms with E-state index in [1.165, 1.54) is 6.08 Å². The second-order valence-corrected chi connectivity index (χ2v) is 7.44. The van der Waals surface area contributed by atoms with Crippen molar-refractivity contribution in [1.82, 2.24) is 5.32 Å². The lowest BCUT2D eigenvalue weighted by molar-refractivity contribution is -0.122. The van der Waals surface area contributed by atoms with Gasteiger partial charge in [-0.1, -0.05) is 40.9 Å². The Morgan fingerprint density at radius 1 is 0.933 bits per heavy atom. The minimum Gasteiger partial charge on any atom is -0.457 e. The van der Waals surface area contributed by atoms with E-state index in [0.29, 0.717) is 27.1 Å². The Labute approximate surface area is 181 Å². The number of hydrogen-bond donors (Lipinski definition) is 1. The van der Waals surface area contributed by atoms with E-state index < -0.39 is 17.8 Å². The lowest BCUT2D eigenvalue weighted by atomic mass is 10.1. The molecule has 30 heavy (non-hydrogen) atoms. The van der Waals surface area contributed by atoms with Crippen LogP contribution in [0.25, 0.3) is 17.4 Å². The SMILES string of the molecule is Cc1ccc(N2C(=O)NC(=O)/C(=C\c3ccc(-c4ccc(Cl)c(Cl)c4)o3)C2=O)cc1. The number of nitrogens with one attached hydrogen (secondary N) is 1. The van der Waals surface area contributed by atoms with E-state index in [2.05, 4.69) is 5.32 Å². The van der Waals surface area contributed by atoms with Gasteiger partial charge in [-0.15, -0.1) is 0 Å². The van der Waals surface area contributed by atoms with Gasteiger partial charge in [-0.05, 0) is 55.5 Å². The van der Waals surface area contributed by atoms with Crippen molar-refractivity contribution in [2.45, 2.75) is 6.92 Å². The number of barbiturate groups is 1. The van der Waals surface area contributed by atoms with Crippen molar-refractivity contribution in [2.75, 3.05) is 4.90 Å².